The highest BCUT2D eigenvalue weighted by Gasteiger charge is 2.43. The third kappa shape index (κ3) is 5.17. The van der Waals surface area contributed by atoms with E-state index in [1.165, 1.54) is 24.4 Å². The highest BCUT2D eigenvalue weighted by Crippen LogP contribution is 2.46. The van der Waals surface area contributed by atoms with Crippen molar-refractivity contribution in [1.29, 1.82) is 0 Å². The standard InChI is InChI=1S/C27H27F3N4O5/c1-14-23(26(35)36)31-12-22(32-14)34-16-8-9-17(34)11-18(10-16)37-13-20-24(33-39-25(20)15-6-7-15)19-4-2-3-5-21(19)38-27(28,29)30/h2-5,12,15-18H,6-11,13H2,1H3,(H,35,36)/t16-,17+,18?. The van der Waals surface area contributed by atoms with Crippen LogP contribution in [-0.2, 0) is 11.3 Å². The molecule has 3 aromatic rings. The third-order valence-electron chi connectivity index (χ3n) is 7.69. The minimum Gasteiger partial charge on any atom is -0.476 e. The van der Waals surface area contributed by atoms with Gasteiger partial charge in [-0.1, -0.05) is 17.3 Å². The molecule has 3 aliphatic rings. The highest BCUT2D eigenvalue weighted by atomic mass is 19.4. The number of anilines is 1. The first-order chi connectivity index (χ1) is 18.7. The average molecular weight is 545 g/mol. The molecule has 0 spiro atoms. The van der Waals surface area contributed by atoms with Crippen LogP contribution in [-0.4, -0.2) is 50.8 Å². The number of aryl methyl sites for hydroxylation is 1. The normalized spacial score (nSPS) is 22.8. The topological polar surface area (TPSA) is 111 Å². The average Bonchev–Trinajstić information content (AvgIpc) is 3.58. The van der Waals surface area contributed by atoms with Crippen molar-refractivity contribution in [2.24, 2.45) is 0 Å². The number of hydrogen-bond donors (Lipinski definition) is 1. The van der Waals surface area contributed by atoms with Gasteiger partial charge in [-0.2, -0.15) is 0 Å². The zero-order chi connectivity index (χ0) is 27.3. The van der Waals surface area contributed by atoms with Crippen molar-refractivity contribution < 1.29 is 37.1 Å². The molecule has 6 rings (SSSR count). The number of ether oxygens (including phenoxy) is 2. The fourth-order valence-electron chi connectivity index (χ4n) is 5.86. The number of hydrogen-bond acceptors (Lipinski definition) is 8. The summed E-state index contributed by atoms with van der Waals surface area (Å²) in [4.78, 5) is 22.2. The predicted molar refractivity (Wildman–Crippen MR) is 131 cm³/mol. The molecule has 4 heterocycles. The van der Waals surface area contributed by atoms with Crippen LogP contribution in [0, 0.1) is 6.92 Å². The molecule has 3 atom stereocenters. The number of rotatable bonds is 8. The summed E-state index contributed by atoms with van der Waals surface area (Å²) < 4.78 is 55.4. The van der Waals surface area contributed by atoms with Gasteiger partial charge in [0.05, 0.1) is 24.6 Å². The van der Waals surface area contributed by atoms with E-state index in [-0.39, 0.29) is 47.7 Å². The fourth-order valence-corrected chi connectivity index (χ4v) is 5.86. The van der Waals surface area contributed by atoms with Gasteiger partial charge < -0.3 is 24.0 Å². The maximum absolute atomic E-state index is 13.1. The van der Waals surface area contributed by atoms with E-state index in [1.807, 2.05) is 0 Å². The Kier molecular flexibility index (Phi) is 6.44. The Labute approximate surface area is 221 Å². The molecule has 1 unspecified atom stereocenters. The number of aromatic nitrogens is 3. The van der Waals surface area contributed by atoms with Crippen molar-refractivity contribution in [2.75, 3.05) is 4.90 Å². The lowest BCUT2D eigenvalue weighted by Gasteiger charge is -2.39. The zero-order valence-electron chi connectivity index (χ0n) is 21.1. The molecule has 1 aliphatic carbocycles. The summed E-state index contributed by atoms with van der Waals surface area (Å²) in [6, 6.07) is 6.26. The molecule has 0 radical (unpaired) electrons. The first-order valence-electron chi connectivity index (χ1n) is 13.0. The first-order valence-corrected chi connectivity index (χ1v) is 13.0. The number of aromatic carboxylic acids is 1. The highest BCUT2D eigenvalue weighted by molar-refractivity contribution is 5.86. The van der Waals surface area contributed by atoms with Crippen molar-refractivity contribution in [3.05, 3.63) is 53.2 Å². The third-order valence-corrected chi connectivity index (χ3v) is 7.69. The Morgan fingerprint density at radius 1 is 1.15 bits per heavy atom. The monoisotopic (exact) mass is 544 g/mol. The number of carboxylic acids is 1. The molecule has 1 N–H and O–H groups in total. The lowest BCUT2D eigenvalue weighted by molar-refractivity contribution is -0.274. The largest absolute Gasteiger partial charge is 0.573 e. The fraction of sp³-hybridized carbons (Fsp3) is 0.481. The summed E-state index contributed by atoms with van der Waals surface area (Å²) in [5.74, 6) is 0.0826. The van der Waals surface area contributed by atoms with Crippen molar-refractivity contribution in [3.63, 3.8) is 0 Å². The summed E-state index contributed by atoms with van der Waals surface area (Å²) in [5.41, 5.74) is 1.50. The van der Waals surface area contributed by atoms with Crippen LogP contribution in [0.5, 0.6) is 5.75 Å². The Morgan fingerprint density at radius 2 is 1.87 bits per heavy atom. The molecule has 3 fully saturated rings. The lowest BCUT2D eigenvalue weighted by atomic mass is 9.99. The van der Waals surface area contributed by atoms with Crippen molar-refractivity contribution in [2.45, 2.75) is 82.5 Å². The number of carbonyl (C=O) groups is 1. The summed E-state index contributed by atoms with van der Waals surface area (Å²) in [6.45, 7) is 1.81. The number of piperidine rings is 1. The summed E-state index contributed by atoms with van der Waals surface area (Å²) >= 11 is 0. The van der Waals surface area contributed by atoms with E-state index in [2.05, 4.69) is 24.8 Å². The second kappa shape index (κ2) is 9.82. The Balaban J connectivity index is 1.20. The Bertz CT molecular complexity index is 1380. The molecule has 2 aromatic heterocycles. The molecule has 2 bridgehead atoms. The summed E-state index contributed by atoms with van der Waals surface area (Å²) in [7, 11) is 0. The number of benzene rings is 1. The number of fused-ring (bicyclic) bond motifs is 2. The van der Waals surface area contributed by atoms with E-state index in [0.717, 1.165) is 38.5 Å². The molecule has 1 saturated carbocycles. The van der Waals surface area contributed by atoms with Crippen LogP contribution in [0.4, 0.5) is 19.0 Å². The quantitative estimate of drug-likeness (QED) is 0.386. The van der Waals surface area contributed by atoms with Gasteiger partial charge in [0, 0.05) is 29.1 Å². The molecule has 39 heavy (non-hydrogen) atoms. The van der Waals surface area contributed by atoms with E-state index in [1.54, 1.807) is 13.0 Å². The van der Waals surface area contributed by atoms with E-state index < -0.39 is 12.3 Å². The summed E-state index contributed by atoms with van der Waals surface area (Å²) in [6.07, 6.45) is 1.89. The van der Waals surface area contributed by atoms with Crippen LogP contribution in [0.15, 0.2) is 35.0 Å². The number of para-hydroxylation sites is 1. The van der Waals surface area contributed by atoms with E-state index in [4.69, 9.17) is 9.26 Å². The second-order valence-corrected chi connectivity index (χ2v) is 10.4. The van der Waals surface area contributed by atoms with Crippen LogP contribution in [0.2, 0.25) is 0 Å². The van der Waals surface area contributed by atoms with E-state index in [0.29, 0.717) is 28.5 Å². The van der Waals surface area contributed by atoms with Gasteiger partial charge in [-0.25, -0.2) is 14.8 Å². The maximum atomic E-state index is 13.1. The van der Waals surface area contributed by atoms with E-state index >= 15 is 0 Å². The van der Waals surface area contributed by atoms with Gasteiger partial charge in [0.25, 0.3) is 0 Å². The zero-order valence-corrected chi connectivity index (χ0v) is 21.1. The number of halogens is 3. The van der Waals surface area contributed by atoms with Crippen LogP contribution < -0.4 is 9.64 Å². The van der Waals surface area contributed by atoms with Gasteiger partial charge in [-0.3, -0.25) is 0 Å². The number of alkyl halides is 3. The van der Waals surface area contributed by atoms with Gasteiger partial charge in [-0.15, -0.1) is 13.2 Å². The minimum absolute atomic E-state index is 0.0532. The van der Waals surface area contributed by atoms with Gasteiger partial charge in [-0.05, 0) is 57.6 Å². The smallest absolute Gasteiger partial charge is 0.476 e. The number of nitrogens with zero attached hydrogens (tertiary/aromatic N) is 4. The van der Waals surface area contributed by atoms with E-state index in [9.17, 15) is 23.1 Å². The number of carboxylic acid groups (broad SMARTS) is 1. The molecule has 206 valence electrons. The molecule has 2 saturated heterocycles. The summed E-state index contributed by atoms with van der Waals surface area (Å²) in [5, 5.41) is 13.4. The molecular weight excluding hydrogens is 517 g/mol. The van der Waals surface area contributed by atoms with Gasteiger partial charge >= 0.3 is 12.3 Å². The lowest BCUT2D eigenvalue weighted by Crippen LogP contribution is -2.46. The van der Waals surface area contributed by atoms with Crippen molar-refractivity contribution in [1.82, 2.24) is 15.1 Å². The molecule has 1 aromatic carbocycles. The molecule has 12 heteroatoms. The molecular formula is C27H27F3N4O5. The molecule has 0 amide bonds. The minimum atomic E-state index is -4.83. The van der Waals surface area contributed by atoms with Crippen LogP contribution >= 0.6 is 0 Å². The second-order valence-electron chi connectivity index (χ2n) is 10.4. The van der Waals surface area contributed by atoms with Gasteiger partial charge in [0.15, 0.2) is 5.69 Å². The van der Waals surface area contributed by atoms with Crippen molar-refractivity contribution in [3.8, 4) is 17.0 Å². The Morgan fingerprint density at radius 3 is 2.51 bits per heavy atom. The molecule has 9 nitrogen and oxygen atoms in total. The van der Waals surface area contributed by atoms with Crippen LogP contribution in [0.25, 0.3) is 11.3 Å². The van der Waals surface area contributed by atoms with Gasteiger partial charge in [0.2, 0.25) is 0 Å². The Hall–Kier alpha value is -3.67. The van der Waals surface area contributed by atoms with Gasteiger partial charge in [0.1, 0.15) is 23.0 Å². The maximum Gasteiger partial charge on any atom is 0.573 e. The SMILES string of the molecule is Cc1nc(N2[C@@H]3CC[C@H]2CC(OCc2c(-c4ccccc4OC(F)(F)F)noc2C2CC2)C3)cnc1C(=O)O. The predicted octanol–water partition coefficient (Wildman–Crippen LogP) is 5.63. The van der Waals surface area contributed by atoms with Crippen LogP contribution in [0.3, 0.4) is 0 Å². The van der Waals surface area contributed by atoms with Crippen LogP contribution in [0.1, 0.15) is 71.9 Å². The molecule has 2 aliphatic heterocycles. The first kappa shape index (κ1) is 25.6. The van der Waals surface area contributed by atoms with Crippen molar-refractivity contribution >= 4 is 11.8 Å².